The van der Waals surface area contributed by atoms with E-state index in [1.165, 1.54) is 32.8 Å². The highest BCUT2D eigenvalue weighted by atomic mass is 35.5. The van der Waals surface area contributed by atoms with Crippen molar-refractivity contribution in [2.45, 2.75) is 38.6 Å². The number of ether oxygens (including phenoxy) is 3. The van der Waals surface area contributed by atoms with E-state index in [1.54, 1.807) is 0 Å². The quantitative estimate of drug-likeness (QED) is 0.779. The molecule has 1 aromatic carbocycles. The second-order valence-electron chi connectivity index (χ2n) is 6.21. The first-order chi connectivity index (χ1) is 12.0. The van der Waals surface area contributed by atoms with Gasteiger partial charge in [-0.05, 0) is 30.9 Å². The highest BCUT2D eigenvalue weighted by molar-refractivity contribution is 6.32. The zero-order valence-corrected chi connectivity index (χ0v) is 15.5. The predicted molar refractivity (Wildman–Crippen MR) is 94.4 cm³/mol. The van der Waals surface area contributed by atoms with Crippen LogP contribution in [-0.4, -0.2) is 38.7 Å². The molecule has 6 nitrogen and oxygen atoms in total. The first-order valence-electron chi connectivity index (χ1n) is 8.34. The minimum Gasteiger partial charge on any atom is -0.493 e. The lowest BCUT2D eigenvalue weighted by Gasteiger charge is -2.29. The number of amides is 1. The Bertz CT molecular complexity index is 634. The number of rotatable bonds is 6. The lowest BCUT2D eigenvalue weighted by Crippen LogP contribution is -2.42. The summed E-state index contributed by atoms with van der Waals surface area (Å²) in [6.45, 7) is 1.80. The SMILES string of the molecule is COc1cc(C(=O)OCC(=O)N[C@@H]2CCCC[C@H]2C)cc(Cl)c1OC. The number of nitrogens with one attached hydrogen (secondary N) is 1. The summed E-state index contributed by atoms with van der Waals surface area (Å²) in [4.78, 5) is 24.2. The Kier molecular flexibility index (Phi) is 6.93. The van der Waals surface area contributed by atoms with Crippen LogP contribution >= 0.6 is 11.6 Å². The summed E-state index contributed by atoms with van der Waals surface area (Å²) in [6, 6.07) is 3.04. The third-order valence-electron chi connectivity index (χ3n) is 4.46. The molecule has 25 heavy (non-hydrogen) atoms. The van der Waals surface area contributed by atoms with E-state index in [0.717, 1.165) is 19.3 Å². The fourth-order valence-electron chi connectivity index (χ4n) is 3.03. The van der Waals surface area contributed by atoms with Crippen LogP contribution in [0.4, 0.5) is 0 Å². The Morgan fingerprint density at radius 1 is 1.20 bits per heavy atom. The van der Waals surface area contributed by atoms with Crippen molar-refractivity contribution in [2.24, 2.45) is 5.92 Å². The van der Waals surface area contributed by atoms with E-state index >= 15 is 0 Å². The molecule has 1 saturated carbocycles. The molecule has 0 bridgehead atoms. The van der Waals surface area contributed by atoms with Crippen molar-refractivity contribution in [1.82, 2.24) is 5.32 Å². The zero-order valence-electron chi connectivity index (χ0n) is 14.8. The molecule has 1 aliphatic rings. The average Bonchev–Trinajstić information content (AvgIpc) is 2.60. The molecule has 0 aliphatic heterocycles. The monoisotopic (exact) mass is 369 g/mol. The van der Waals surface area contributed by atoms with Crippen molar-refractivity contribution in [1.29, 1.82) is 0 Å². The van der Waals surface area contributed by atoms with Gasteiger partial charge in [0.25, 0.3) is 5.91 Å². The maximum Gasteiger partial charge on any atom is 0.338 e. The second kappa shape index (κ2) is 8.94. The van der Waals surface area contributed by atoms with Gasteiger partial charge in [0.05, 0.1) is 24.8 Å². The van der Waals surface area contributed by atoms with E-state index in [2.05, 4.69) is 12.2 Å². The van der Waals surface area contributed by atoms with Crippen LogP contribution in [-0.2, 0) is 9.53 Å². The lowest BCUT2D eigenvalue weighted by atomic mass is 9.86. The van der Waals surface area contributed by atoms with Gasteiger partial charge in [-0.25, -0.2) is 4.79 Å². The van der Waals surface area contributed by atoms with Crippen LogP contribution in [0.2, 0.25) is 5.02 Å². The summed E-state index contributed by atoms with van der Waals surface area (Å²) in [5.74, 6) is 0.165. The summed E-state index contributed by atoms with van der Waals surface area (Å²) in [7, 11) is 2.90. The van der Waals surface area contributed by atoms with Gasteiger partial charge in [0, 0.05) is 6.04 Å². The molecule has 0 heterocycles. The van der Waals surface area contributed by atoms with Crippen LogP contribution < -0.4 is 14.8 Å². The number of halogens is 1. The Labute approximate surface area is 152 Å². The normalized spacial score (nSPS) is 19.8. The summed E-state index contributed by atoms with van der Waals surface area (Å²) in [5.41, 5.74) is 0.196. The molecule has 1 fully saturated rings. The van der Waals surface area contributed by atoms with Crippen molar-refractivity contribution in [3.63, 3.8) is 0 Å². The Balaban J connectivity index is 1.93. The van der Waals surface area contributed by atoms with Crippen molar-refractivity contribution in [3.8, 4) is 11.5 Å². The molecule has 1 N–H and O–H groups in total. The van der Waals surface area contributed by atoms with Crippen LogP contribution in [0.25, 0.3) is 0 Å². The van der Waals surface area contributed by atoms with E-state index in [0.29, 0.717) is 17.4 Å². The van der Waals surface area contributed by atoms with Crippen LogP contribution in [0.15, 0.2) is 12.1 Å². The average molecular weight is 370 g/mol. The van der Waals surface area contributed by atoms with Crippen molar-refractivity contribution >= 4 is 23.5 Å². The molecular formula is C18H24ClNO5. The Morgan fingerprint density at radius 3 is 2.56 bits per heavy atom. The highest BCUT2D eigenvalue weighted by Crippen LogP contribution is 2.36. The van der Waals surface area contributed by atoms with Crippen LogP contribution in [0.5, 0.6) is 11.5 Å². The van der Waals surface area contributed by atoms with E-state index in [9.17, 15) is 9.59 Å². The maximum absolute atomic E-state index is 12.2. The minimum atomic E-state index is -0.644. The molecule has 1 amide bonds. The Morgan fingerprint density at radius 2 is 1.92 bits per heavy atom. The molecule has 0 saturated heterocycles. The standard InChI is InChI=1S/C18H24ClNO5/c1-11-6-4-5-7-14(11)20-16(21)10-25-18(22)12-8-13(19)17(24-3)15(9-12)23-2/h8-9,11,14H,4-7,10H2,1-3H3,(H,20,21)/t11-,14-/m1/s1. The van der Waals surface area contributed by atoms with Gasteiger partial charge >= 0.3 is 5.97 Å². The van der Waals surface area contributed by atoms with Gasteiger partial charge in [0.15, 0.2) is 18.1 Å². The fraction of sp³-hybridized carbons (Fsp3) is 0.556. The summed E-state index contributed by atoms with van der Waals surface area (Å²) >= 11 is 6.07. The Hall–Kier alpha value is -1.95. The molecule has 0 aromatic heterocycles. The minimum absolute atomic E-state index is 0.149. The van der Waals surface area contributed by atoms with Crippen molar-refractivity contribution in [3.05, 3.63) is 22.7 Å². The maximum atomic E-state index is 12.2. The molecular weight excluding hydrogens is 346 g/mol. The van der Waals surface area contributed by atoms with E-state index in [-0.39, 0.29) is 29.1 Å². The summed E-state index contributed by atoms with van der Waals surface area (Å²) in [5, 5.41) is 3.17. The lowest BCUT2D eigenvalue weighted by molar-refractivity contribution is -0.125. The van der Waals surface area contributed by atoms with Crippen LogP contribution in [0, 0.1) is 5.92 Å². The van der Waals surface area contributed by atoms with Gasteiger partial charge in [-0.2, -0.15) is 0 Å². The van der Waals surface area contributed by atoms with Gasteiger partial charge < -0.3 is 19.5 Å². The number of hydrogen-bond acceptors (Lipinski definition) is 5. The number of esters is 1. The number of carbonyl (C=O) groups is 2. The smallest absolute Gasteiger partial charge is 0.338 e. The molecule has 138 valence electrons. The van der Waals surface area contributed by atoms with Gasteiger partial charge in [-0.1, -0.05) is 31.4 Å². The number of hydrogen-bond donors (Lipinski definition) is 1. The first-order valence-corrected chi connectivity index (χ1v) is 8.72. The molecule has 1 aromatic rings. The second-order valence-corrected chi connectivity index (χ2v) is 6.61. The molecule has 2 rings (SSSR count). The van der Waals surface area contributed by atoms with Gasteiger partial charge in [0.2, 0.25) is 0 Å². The van der Waals surface area contributed by atoms with E-state index in [4.69, 9.17) is 25.8 Å². The molecule has 0 radical (unpaired) electrons. The number of methoxy groups -OCH3 is 2. The van der Waals surface area contributed by atoms with Crippen molar-refractivity contribution in [2.75, 3.05) is 20.8 Å². The predicted octanol–water partition coefficient (Wildman–Crippen LogP) is 3.21. The van der Waals surface area contributed by atoms with Gasteiger partial charge in [0.1, 0.15) is 0 Å². The number of benzene rings is 1. The van der Waals surface area contributed by atoms with Gasteiger partial charge in [-0.15, -0.1) is 0 Å². The topological polar surface area (TPSA) is 73.9 Å². The highest BCUT2D eigenvalue weighted by Gasteiger charge is 2.23. The molecule has 0 unspecified atom stereocenters. The fourth-order valence-corrected chi connectivity index (χ4v) is 3.32. The zero-order chi connectivity index (χ0) is 18.4. The van der Waals surface area contributed by atoms with E-state index in [1.807, 2.05) is 0 Å². The van der Waals surface area contributed by atoms with Crippen LogP contribution in [0.1, 0.15) is 43.0 Å². The largest absolute Gasteiger partial charge is 0.493 e. The van der Waals surface area contributed by atoms with Crippen molar-refractivity contribution < 1.29 is 23.8 Å². The molecule has 2 atom stereocenters. The summed E-state index contributed by atoms with van der Waals surface area (Å²) < 4.78 is 15.4. The first kappa shape index (κ1) is 19.4. The third kappa shape index (κ3) is 5.01. The van der Waals surface area contributed by atoms with E-state index < -0.39 is 5.97 Å². The third-order valence-corrected chi connectivity index (χ3v) is 4.74. The summed E-state index contributed by atoms with van der Waals surface area (Å²) in [6.07, 6.45) is 4.38. The number of carbonyl (C=O) groups excluding carboxylic acids is 2. The van der Waals surface area contributed by atoms with Crippen LogP contribution in [0.3, 0.4) is 0 Å². The molecule has 1 aliphatic carbocycles. The molecule has 7 heteroatoms. The molecule has 0 spiro atoms. The van der Waals surface area contributed by atoms with Gasteiger partial charge in [-0.3, -0.25) is 4.79 Å².